The van der Waals surface area contributed by atoms with Crippen molar-refractivity contribution in [2.75, 3.05) is 6.54 Å². The predicted molar refractivity (Wildman–Crippen MR) is 72.6 cm³/mol. The van der Waals surface area contributed by atoms with Crippen LogP contribution >= 0.6 is 0 Å². The molecule has 1 saturated heterocycles. The first-order chi connectivity index (χ1) is 8.44. The molecule has 1 rings (SSSR count). The highest BCUT2D eigenvalue weighted by molar-refractivity contribution is 6.74. The monoisotopic (exact) mass is 289 g/mol. The molecule has 0 radical (unpaired) electrons. The minimum atomic E-state index is -2.38. The van der Waals surface area contributed by atoms with E-state index in [2.05, 4.69) is 0 Å². The van der Waals surface area contributed by atoms with Gasteiger partial charge in [0.05, 0.1) is 0 Å². The summed E-state index contributed by atoms with van der Waals surface area (Å²) in [6.45, 7) is 10.0. The van der Waals surface area contributed by atoms with Crippen molar-refractivity contribution in [1.29, 1.82) is 0 Å². The molecule has 0 aromatic rings. The number of carbonyl (C=O) groups is 2. The zero-order valence-corrected chi connectivity index (χ0v) is 13.2. The van der Waals surface area contributed by atoms with Gasteiger partial charge >= 0.3 is 12.1 Å². The zero-order valence-electron chi connectivity index (χ0n) is 12.2. The van der Waals surface area contributed by atoms with Crippen molar-refractivity contribution in [3.63, 3.8) is 0 Å². The van der Waals surface area contributed by atoms with Gasteiger partial charge in [-0.3, -0.25) is 4.90 Å². The first kappa shape index (κ1) is 16.0. The predicted octanol–water partition coefficient (Wildman–Crippen LogP) is 2.56. The average Bonchev–Trinajstić information content (AvgIpc) is 2.60. The van der Waals surface area contributed by atoms with Crippen molar-refractivity contribution in [2.45, 2.75) is 57.5 Å². The van der Waals surface area contributed by atoms with Crippen molar-refractivity contribution in [2.24, 2.45) is 0 Å². The molecule has 0 bridgehead atoms. The van der Waals surface area contributed by atoms with E-state index >= 15 is 0 Å². The van der Waals surface area contributed by atoms with Gasteiger partial charge in [0, 0.05) is 13.0 Å². The molecule has 1 fully saturated rings. The second kappa shape index (κ2) is 4.79. The third-order valence-corrected chi connectivity index (χ3v) is 8.59. The second-order valence-corrected chi connectivity index (χ2v) is 11.2. The van der Waals surface area contributed by atoms with E-state index in [4.69, 9.17) is 4.43 Å². The van der Waals surface area contributed by atoms with Gasteiger partial charge in [-0.1, -0.05) is 20.8 Å². The second-order valence-electron chi connectivity index (χ2n) is 6.49. The molecule has 1 aliphatic rings. The lowest BCUT2D eigenvalue weighted by molar-refractivity contribution is -0.169. The van der Waals surface area contributed by atoms with Crippen LogP contribution in [0.15, 0.2) is 0 Å². The normalized spacial score (nSPS) is 24.6. The van der Waals surface area contributed by atoms with E-state index < -0.39 is 26.1 Å². The summed E-state index contributed by atoms with van der Waals surface area (Å²) in [5, 5.41) is 18.5. The molecule has 1 heterocycles. The standard InChI is InChI=1S/C12H23NO5Si/c1-11(2,3)19(4,5)18-12(9(14)15)7-6-8-13(12)10(16)17/h6-8H2,1-5H3,(H,14,15)(H,16,17). The third kappa shape index (κ3) is 2.76. The summed E-state index contributed by atoms with van der Waals surface area (Å²) in [6.07, 6.45) is -0.521. The Morgan fingerprint density at radius 2 is 1.79 bits per heavy atom. The first-order valence-electron chi connectivity index (χ1n) is 6.38. The van der Waals surface area contributed by atoms with Gasteiger partial charge in [0.2, 0.25) is 5.72 Å². The van der Waals surface area contributed by atoms with Crippen LogP contribution in [0.2, 0.25) is 18.1 Å². The van der Waals surface area contributed by atoms with E-state index in [0.717, 1.165) is 4.90 Å². The van der Waals surface area contributed by atoms with Gasteiger partial charge in [-0.05, 0) is 24.6 Å². The highest BCUT2D eigenvalue weighted by atomic mass is 28.4. The number of hydrogen-bond donors (Lipinski definition) is 2. The largest absolute Gasteiger partial charge is 0.478 e. The SMILES string of the molecule is CC(C)(C)[Si](C)(C)OC1(C(=O)O)CCCN1C(=O)O. The number of carboxylic acid groups (broad SMARTS) is 2. The molecule has 0 aromatic heterocycles. The Morgan fingerprint density at radius 1 is 1.26 bits per heavy atom. The Bertz CT molecular complexity index is 390. The minimum Gasteiger partial charge on any atom is -0.478 e. The molecule has 1 aliphatic heterocycles. The Kier molecular flexibility index (Phi) is 4.03. The molecule has 0 aromatic carbocycles. The molecule has 0 aliphatic carbocycles. The minimum absolute atomic E-state index is 0.178. The quantitative estimate of drug-likeness (QED) is 0.780. The molecular formula is C12H23NO5Si. The fraction of sp³-hybridized carbons (Fsp3) is 0.833. The number of likely N-dealkylation sites (tertiary alicyclic amines) is 1. The van der Waals surface area contributed by atoms with Crippen LogP contribution in [-0.2, 0) is 9.22 Å². The van der Waals surface area contributed by atoms with Crippen molar-refractivity contribution in [3.05, 3.63) is 0 Å². The van der Waals surface area contributed by atoms with Crippen molar-refractivity contribution < 1.29 is 24.2 Å². The van der Waals surface area contributed by atoms with E-state index in [1.807, 2.05) is 33.9 Å². The molecular weight excluding hydrogens is 266 g/mol. The summed E-state index contributed by atoms with van der Waals surface area (Å²) in [7, 11) is -2.38. The van der Waals surface area contributed by atoms with Crippen molar-refractivity contribution in [1.82, 2.24) is 4.90 Å². The molecule has 19 heavy (non-hydrogen) atoms. The highest BCUT2D eigenvalue weighted by Crippen LogP contribution is 2.43. The van der Waals surface area contributed by atoms with Gasteiger partial charge in [-0.15, -0.1) is 0 Å². The van der Waals surface area contributed by atoms with Gasteiger partial charge in [0.25, 0.3) is 0 Å². The third-order valence-electron chi connectivity index (χ3n) is 4.13. The van der Waals surface area contributed by atoms with Crippen molar-refractivity contribution in [3.8, 4) is 0 Å². The summed E-state index contributed by atoms with van der Waals surface area (Å²) in [5.41, 5.74) is -1.71. The van der Waals surface area contributed by atoms with Gasteiger partial charge in [0.15, 0.2) is 8.32 Å². The summed E-state index contributed by atoms with van der Waals surface area (Å²) in [4.78, 5) is 23.8. The molecule has 2 N–H and O–H groups in total. The van der Waals surface area contributed by atoms with E-state index in [0.29, 0.717) is 6.42 Å². The summed E-state index contributed by atoms with van der Waals surface area (Å²) >= 11 is 0. The van der Waals surface area contributed by atoms with Crippen LogP contribution in [0.4, 0.5) is 4.79 Å². The zero-order chi connectivity index (χ0) is 15.1. The number of aliphatic carboxylic acids is 1. The van der Waals surface area contributed by atoms with Gasteiger partial charge in [-0.2, -0.15) is 0 Å². The number of carboxylic acids is 1. The Hall–Kier alpha value is -1.08. The molecule has 1 amide bonds. The van der Waals surface area contributed by atoms with Gasteiger partial charge in [-0.25, -0.2) is 9.59 Å². The lowest BCUT2D eigenvalue weighted by atomic mass is 10.1. The lowest BCUT2D eigenvalue weighted by Crippen LogP contribution is -2.61. The van der Waals surface area contributed by atoms with Gasteiger partial charge < -0.3 is 14.6 Å². The summed E-state index contributed by atoms with van der Waals surface area (Å²) in [6, 6.07) is 0. The molecule has 0 spiro atoms. The number of nitrogens with zero attached hydrogens (tertiary/aromatic N) is 1. The van der Waals surface area contributed by atoms with Gasteiger partial charge in [0.1, 0.15) is 0 Å². The number of rotatable bonds is 3. The topological polar surface area (TPSA) is 87.1 Å². The molecule has 7 heteroatoms. The fourth-order valence-electron chi connectivity index (χ4n) is 1.99. The molecule has 0 saturated carbocycles. The maximum Gasteiger partial charge on any atom is 0.410 e. The van der Waals surface area contributed by atoms with Crippen LogP contribution in [0.3, 0.4) is 0 Å². The van der Waals surface area contributed by atoms with Crippen LogP contribution < -0.4 is 0 Å². The lowest BCUT2D eigenvalue weighted by Gasteiger charge is -2.44. The highest BCUT2D eigenvalue weighted by Gasteiger charge is 2.56. The van der Waals surface area contributed by atoms with E-state index in [1.54, 1.807) is 0 Å². The van der Waals surface area contributed by atoms with Crippen LogP contribution in [0.25, 0.3) is 0 Å². The van der Waals surface area contributed by atoms with Crippen molar-refractivity contribution >= 4 is 20.4 Å². The molecule has 1 unspecified atom stereocenters. The van der Waals surface area contributed by atoms with Crippen LogP contribution in [0, 0.1) is 0 Å². The first-order valence-corrected chi connectivity index (χ1v) is 9.29. The molecule has 110 valence electrons. The Morgan fingerprint density at radius 3 is 2.16 bits per heavy atom. The Labute approximate surface area is 114 Å². The smallest absolute Gasteiger partial charge is 0.410 e. The van der Waals surface area contributed by atoms with E-state index in [9.17, 15) is 19.8 Å². The summed E-state index contributed by atoms with van der Waals surface area (Å²) < 4.78 is 5.97. The Balaban J connectivity index is 3.16. The average molecular weight is 289 g/mol. The fourth-order valence-corrected chi connectivity index (χ4v) is 3.44. The number of hydrogen-bond acceptors (Lipinski definition) is 3. The molecule has 6 nitrogen and oxygen atoms in total. The van der Waals surface area contributed by atoms with Crippen LogP contribution in [0.5, 0.6) is 0 Å². The van der Waals surface area contributed by atoms with Crippen LogP contribution in [-0.4, -0.2) is 47.8 Å². The maximum absolute atomic E-state index is 11.6. The molecule has 1 atom stereocenters. The van der Waals surface area contributed by atoms with E-state index in [-0.39, 0.29) is 18.0 Å². The maximum atomic E-state index is 11.6. The van der Waals surface area contributed by atoms with E-state index in [1.165, 1.54) is 0 Å². The summed E-state index contributed by atoms with van der Waals surface area (Å²) in [5.74, 6) is -1.21. The number of amides is 1. The van der Waals surface area contributed by atoms with Crippen LogP contribution in [0.1, 0.15) is 33.6 Å².